The van der Waals surface area contributed by atoms with Crippen molar-refractivity contribution < 1.29 is 14.2 Å². The molecular weight excluding hydrogens is 242 g/mol. The van der Waals surface area contributed by atoms with E-state index in [2.05, 4.69) is 4.98 Å². The summed E-state index contributed by atoms with van der Waals surface area (Å²) in [4.78, 5) is 4.03. The molecule has 0 radical (unpaired) electrons. The summed E-state index contributed by atoms with van der Waals surface area (Å²) in [6.45, 7) is 1.24. The molecule has 0 saturated carbocycles. The lowest BCUT2D eigenvalue weighted by Crippen LogP contribution is -2.01. The van der Waals surface area contributed by atoms with Crippen molar-refractivity contribution in [3.05, 3.63) is 48.3 Å². The second-order valence-electron chi connectivity index (χ2n) is 4.27. The molecule has 0 aliphatic carbocycles. The Kier molecular flexibility index (Phi) is 3.44. The summed E-state index contributed by atoms with van der Waals surface area (Å²) in [7, 11) is 1.65. The van der Waals surface area contributed by atoms with E-state index in [1.165, 1.54) is 0 Å². The summed E-state index contributed by atoms with van der Waals surface area (Å²) in [6.07, 6.45) is 3.22. The van der Waals surface area contributed by atoms with Gasteiger partial charge in [0.05, 0.1) is 25.9 Å². The van der Waals surface area contributed by atoms with Crippen LogP contribution >= 0.6 is 0 Å². The fourth-order valence-corrected chi connectivity index (χ4v) is 2.18. The van der Waals surface area contributed by atoms with Gasteiger partial charge in [-0.05, 0) is 35.4 Å². The zero-order chi connectivity index (χ0) is 13.1. The lowest BCUT2D eigenvalue weighted by molar-refractivity contribution is -0.0454. The van der Waals surface area contributed by atoms with Crippen molar-refractivity contribution in [1.82, 2.24) is 4.98 Å². The number of hydrogen-bond donors (Lipinski definition) is 0. The highest BCUT2D eigenvalue weighted by Gasteiger charge is 2.22. The molecule has 1 aromatic carbocycles. The average molecular weight is 257 g/mol. The molecule has 0 spiro atoms. The molecule has 0 N–H and O–H groups in total. The van der Waals surface area contributed by atoms with E-state index in [1.54, 1.807) is 19.5 Å². The number of rotatable bonds is 3. The van der Waals surface area contributed by atoms with Crippen LogP contribution in [-0.2, 0) is 9.47 Å². The highest BCUT2D eigenvalue weighted by atomic mass is 16.7. The number of pyridine rings is 1. The zero-order valence-corrected chi connectivity index (χ0v) is 10.7. The fourth-order valence-electron chi connectivity index (χ4n) is 2.18. The Morgan fingerprint density at radius 1 is 1.05 bits per heavy atom. The monoisotopic (exact) mass is 257 g/mol. The maximum atomic E-state index is 5.56. The second kappa shape index (κ2) is 5.38. The third-order valence-corrected chi connectivity index (χ3v) is 3.12. The summed E-state index contributed by atoms with van der Waals surface area (Å²) < 4.78 is 16.5. The normalized spacial score (nSPS) is 15.6. The standard InChI is InChI=1S/C15H15NO3/c1-17-14-3-2-12(11-4-6-16-7-5-11)10-13(14)15-18-8-9-19-15/h2-7,10,15H,8-9H2,1H3. The Hall–Kier alpha value is -1.91. The van der Waals surface area contributed by atoms with Gasteiger partial charge in [-0.1, -0.05) is 6.07 Å². The van der Waals surface area contributed by atoms with Gasteiger partial charge in [-0.15, -0.1) is 0 Å². The first-order valence-electron chi connectivity index (χ1n) is 6.20. The Balaban J connectivity index is 2.01. The predicted octanol–water partition coefficient (Wildman–Crippen LogP) is 2.80. The van der Waals surface area contributed by atoms with Crippen LogP contribution in [0.1, 0.15) is 11.9 Å². The highest BCUT2D eigenvalue weighted by Crippen LogP contribution is 2.34. The van der Waals surface area contributed by atoms with Gasteiger partial charge < -0.3 is 14.2 Å². The minimum atomic E-state index is -0.336. The van der Waals surface area contributed by atoms with Crippen LogP contribution in [0.25, 0.3) is 11.1 Å². The van der Waals surface area contributed by atoms with E-state index in [-0.39, 0.29) is 6.29 Å². The van der Waals surface area contributed by atoms with Gasteiger partial charge in [0.1, 0.15) is 5.75 Å². The van der Waals surface area contributed by atoms with Crippen molar-refractivity contribution in [2.24, 2.45) is 0 Å². The van der Waals surface area contributed by atoms with Gasteiger partial charge in [-0.3, -0.25) is 4.98 Å². The molecule has 1 aliphatic rings. The number of benzene rings is 1. The van der Waals surface area contributed by atoms with Crippen LogP contribution in [0.3, 0.4) is 0 Å². The molecule has 2 aromatic rings. The fraction of sp³-hybridized carbons (Fsp3) is 0.267. The van der Waals surface area contributed by atoms with Crippen molar-refractivity contribution in [1.29, 1.82) is 0 Å². The topological polar surface area (TPSA) is 40.6 Å². The van der Waals surface area contributed by atoms with E-state index in [0.717, 1.165) is 22.4 Å². The van der Waals surface area contributed by atoms with Gasteiger partial charge in [0.2, 0.25) is 0 Å². The van der Waals surface area contributed by atoms with Crippen LogP contribution in [-0.4, -0.2) is 25.3 Å². The van der Waals surface area contributed by atoms with E-state index in [9.17, 15) is 0 Å². The number of aromatic nitrogens is 1. The molecule has 4 heteroatoms. The number of methoxy groups -OCH3 is 1. The summed E-state index contributed by atoms with van der Waals surface area (Å²) in [5.74, 6) is 0.782. The second-order valence-corrected chi connectivity index (χ2v) is 4.27. The van der Waals surface area contributed by atoms with Crippen LogP contribution < -0.4 is 4.74 Å². The number of nitrogens with zero attached hydrogens (tertiary/aromatic N) is 1. The molecule has 1 saturated heterocycles. The maximum Gasteiger partial charge on any atom is 0.187 e. The molecule has 0 amide bonds. The number of ether oxygens (including phenoxy) is 3. The van der Waals surface area contributed by atoms with Gasteiger partial charge in [0.15, 0.2) is 6.29 Å². The van der Waals surface area contributed by atoms with E-state index in [4.69, 9.17) is 14.2 Å². The van der Waals surface area contributed by atoms with E-state index >= 15 is 0 Å². The van der Waals surface area contributed by atoms with Crippen molar-refractivity contribution in [3.63, 3.8) is 0 Å². The molecule has 0 atom stereocenters. The first-order valence-corrected chi connectivity index (χ1v) is 6.20. The molecular formula is C15H15NO3. The number of hydrogen-bond acceptors (Lipinski definition) is 4. The minimum absolute atomic E-state index is 0.336. The Morgan fingerprint density at radius 3 is 2.47 bits per heavy atom. The van der Waals surface area contributed by atoms with E-state index in [0.29, 0.717) is 13.2 Å². The quantitative estimate of drug-likeness (QED) is 0.847. The van der Waals surface area contributed by atoms with Gasteiger partial charge in [-0.2, -0.15) is 0 Å². The molecule has 1 aromatic heterocycles. The van der Waals surface area contributed by atoms with Crippen LogP contribution in [0.2, 0.25) is 0 Å². The molecule has 2 heterocycles. The Labute approximate surface area is 112 Å². The van der Waals surface area contributed by atoms with Gasteiger partial charge in [0.25, 0.3) is 0 Å². The third kappa shape index (κ3) is 2.45. The zero-order valence-electron chi connectivity index (χ0n) is 10.7. The molecule has 1 aliphatic heterocycles. The minimum Gasteiger partial charge on any atom is -0.496 e. The van der Waals surface area contributed by atoms with Crippen LogP contribution in [0.15, 0.2) is 42.7 Å². The molecule has 98 valence electrons. The van der Waals surface area contributed by atoms with Crippen LogP contribution in [0.5, 0.6) is 5.75 Å². The first kappa shape index (κ1) is 12.1. The lowest BCUT2D eigenvalue weighted by Gasteiger charge is -2.15. The Morgan fingerprint density at radius 2 is 1.79 bits per heavy atom. The smallest absolute Gasteiger partial charge is 0.187 e. The Bertz CT molecular complexity index is 551. The van der Waals surface area contributed by atoms with Gasteiger partial charge in [0, 0.05) is 12.4 Å². The third-order valence-electron chi connectivity index (χ3n) is 3.12. The molecule has 0 bridgehead atoms. The van der Waals surface area contributed by atoms with E-state index in [1.807, 2.05) is 30.3 Å². The summed E-state index contributed by atoms with van der Waals surface area (Å²) >= 11 is 0. The van der Waals surface area contributed by atoms with Crippen molar-refractivity contribution >= 4 is 0 Å². The van der Waals surface area contributed by atoms with Crippen LogP contribution in [0, 0.1) is 0 Å². The summed E-state index contributed by atoms with van der Waals surface area (Å²) in [6, 6.07) is 9.96. The van der Waals surface area contributed by atoms with Crippen LogP contribution in [0.4, 0.5) is 0 Å². The van der Waals surface area contributed by atoms with Crippen molar-refractivity contribution in [3.8, 4) is 16.9 Å². The molecule has 1 fully saturated rings. The molecule has 4 nitrogen and oxygen atoms in total. The van der Waals surface area contributed by atoms with Gasteiger partial charge in [-0.25, -0.2) is 0 Å². The lowest BCUT2D eigenvalue weighted by atomic mass is 10.0. The van der Waals surface area contributed by atoms with E-state index < -0.39 is 0 Å². The van der Waals surface area contributed by atoms with Gasteiger partial charge >= 0.3 is 0 Å². The first-order chi connectivity index (χ1) is 9.38. The molecule has 0 unspecified atom stereocenters. The summed E-state index contributed by atoms with van der Waals surface area (Å²) in [5, 5.41) is 0. The van der Waals surface area contributed by atoms with Crippen molar-refractivity contribution in [2.75, 3.05) is 20.3 Å². The van der Waals surface area contributed by atoms with Crippen molar-refractivity contribution in [2.45, 2.75) is 6.29 Å². The SMILES string of the molecule is COc1ccc(-c2ccncc2)cc1C1OCCO1. The maximum absolute atomic E-state index is 5.56. The average Bonchev–Trinajstić information content (AvgIpc) is 3.01. The summed E-state index contributed by atoms with van der Waals surface area (Å²) in [5.41, 5.74) is 3.13. The highest BCUT2D eigenvalue weighted by molar-refractivity contribution is 5.65. The molecule has 3 rings (SSSR count). The molecule has 19 heavy (non-hydrogen) atoms. The predicted molar refractivity (Wildman–Crippen MR) is 70.9 cm³/mol. The largest absolute Gasteiger partial charge is 0.496 e.